The Morgan fingerprint density at radius 2 is 1.33 bits per heavy atom. The van der Waals surface area contributed by atoms with Crippen molar-refractivity contribution in [2.45, 2.75) is 30.7 Å². The Bertz CT molecular complexity index is 854. The monoisotopic (exact) mass is 432 g/mol. The van der Waals surface area contributed by atoms with Gasteiger partial charge in [0.2, 0.25) is 0 Å². The molecule has 4 atom stereocenters. The summed E-state index contributed by atoms with van der Waals surface area (Å²) in [5.41, 5.74) is 0.739. The normalized spacial score (nSPS) is 26.4. The number of carbonyl (C=O) groups excluding carboxylic acids is 2. The first-order valence-electron chi connectivity index (χ1n) is 9.64. The second-order valence-corrected chi connectivity index (χ2v) is 7.18. The highest BCUT2D eigenvalue weighted by molar-refractivity contribution is 6.18. The molecule has 0 bridgehead atoms. The first-order valence-corrected chi connectivity index (χ1v) is 10.2. The Labute approximate surface area is 178 Å². The summed E-state index contributed by atoms with van der Waals surface area (Å²) in [5.74, 6) is -1.09. The molecule has 2 heterocycles. The number of hydrogen-bond acceptors (Lipinski definition) is 7. The third kappa shape index (κ3) is 4.49. The van der Waals surface area contributed by atoms with E-state index in [0.717, 1.165) is 0 Å². The molecule has 2 fully saturated rings. The van der Waals surface area contributed by atoms with E-state index in [-0.39, 0.29) is 5.88 Å². The van der Waals surface area contributed by atoms with Gasteiger partial charge in [-0.1, -0.05) is 36.4 Å². The number of halogens is 1. The van der Waals surface area contributed by atoms with Crippen molar-refractivity contribution in [1.82, 2.24) is 0 Å². The lowest BCUT2D eigenvalue weighted by molar-refractivity contribution is -0.157. The molecule has 158 valence electrons. The second-order valence-electron chi connectivity index (χ2n) is 6.88. The third-order valence-corrected chi connectivity index (χ3v) is 5.22. The zero-order valence-electron chi connectivity index (χ0n) is 16.0. The van der Waals surface area contributed by atoms with Crippen LogP contribution in [0.1, 0.15) is 20.7 Å². The van der Waals surface area contributed by atoms with Crippen LogP contribution in [0.15, 0.2) is 60.7 Å². The number of benzene rings is 2. The molecule has 4 rings (SSSR count). The minimum absolute atomic E-state index is 0.0370. The lowest BCUT2D eigenvalue weighted by Crippen LogP contribution is -2.44. The van der Waals surface area contributed by atoms with Gasteiger partial charge in [0, 0.05) is 0 Å². The van der Waals surface area contributed by atoms with Gasteiger partial charge in [0.25, 0.3) is 0 Å². The van der Waals surface area contributed by atoms with Crippen molar-refractivity contribution in [3.05, 3.63) is 71.8 Å². The van der Waals surface area contributed by atoms with Crippen LogP contribution < -0.4 is 0 Å². The molecule has 0 saturated carbocycles. The van der Waals surface area contributed by atoms with Crippen molar-refractivity contribution in [3.63, 3.8) is 0 Å². The van der Waals surface area contributed by atoms with Crippen molar-refractivity contribution in [2.24, 2.45) is 0 Å². The summed E-state index contributed by atoms with van der Waals surface area (Å²) in [7, 11) is 0. The van der Waals surface area contributed by atoms with Gasteiger partial charge in [0.15, 0.2) is 18.5 Å². The molecule has 0 aliphatic carbocycles. The highest BCUT2D eigenvalue weighted by Gasteiger charge is 2.53. The molecule has 0 N–H and O–H groups in total. The van der Waals surface area contributed by atoms with E-state index in [4.69, 9.17) is 35.3 Å². The fourth-order valence-corrected chi connectivity index (χ4v) is 3.72. The van der Waals surface area contributed by atoms with Crippen molar-refractivity contribution in [3.8, 4) is 0 Å². The van der Waals surface area contributed by atoms with E-state index in [1.807, 2.05) is 0 Å². The number of rotatable bonds is 6. The van der Waals surface area contributed by atoms with Gasteiger partial charge in [-0.15, -0.1) is 11.6 Å². The number of ether oxygens (including phenoxy) is 5. The van der Waals surface area contributed by atoms with E-state index in [1.165, 1.54) is 0 Å². The van der Waals surface area contributed by atoms with E-state index in [0.29, 0.717) is 24.3 Å². The highest BCUT2D eigenvalue weighted by Crippen LogP contribution is 2.33. The molecule has 0 unspecified atom stereocenters. The van der Waals surface area contributed by atoms with Gasteiger partial charge in [-0.05, 0) is 24.3 Å². The van der Waals surface area contributed by atoms with Gasteiger partial charge in [-0.25, -0.2) is 9.59 Å². The predicted molar refractivity (Wildman–Crippen MR) is 106 cm³/mol. The lowest BCUT2D eigenvalue weighted by atomic mass is 10.1. The average Bonchev–Trinajstić information content (AvgIpc) is 3.43. The molecule has 8 heteroatoms. The van der Waals surface area contributed by atoms with E-state index >= 15 is 0 Å². The zero-order chi connectivity index (χ0) is 20.9. The largest absolute Gasteiger partial charge is 0.452 e. The summed E-state index contributed by atoms with van der Waals surface area (Å²) in [6.45, 7) is 0.785. The van der Waals surface area contributed by atoms with Gasteiger partial charge < -0.3 is 23.7 Å². The molecule has 2 aromatic carbocycles. The summed E-state index contributed by atoms with van der Waals surface area (Å²) >= 11 is 6.08. The zero-order valence-corrected chi connectivity index (χ0v) is 16.8. The van der Waals surface area contributed by atoms with Crippen molar-refractivity contribution in [2.75, 3.05) is 19.1 Å². The second kappa shape index (κ2) is 9.57. The molecule has 0 spiro atoms. The van der Waals surface area contributed by atoms with Crippen molar-refractivity contribution < 1.29 is 33.3 Å². The van der Waals surface area contributed by atoms with Crippen molar-refractivity contribution in [1.29, 1.82) is 0 Å². The van der Waals surface area contributed by atoms with Crippen LogP contribution in [0.4, 0.5) is 0 Å². The average molecular weight is 433 g/mol. The number of carbonyl (C=O) groups is 2. The van der Waals surface area contributed by atoms with Gasteiger partial charge in [0.05, 0.1) is 30.2 Å². The first kappa shape index (κ1) is 20.8. The smallest absolute Gasteiger partial charge is 0.338 e. The number of hydrogen-bond donors (Lipinski definition) is 0. The molecule has 0 radical (unpaired) electrons. The molecule has 2 aromatic rings. The molecule has 2 saturated heterocycles. The van der Waals surface area contributed by atoms with E-state index in [9.17, 15) is 9.59 Å². The molecule has 7 nitrogen and oxygen atoms in total. The molecule has 0 aromatic heterocycles. The molecule has 0 amide bonds. The summed E-state index contributed by atoms with van der Waals surface area (Å²) in [6.07, 6.45) is -4.08. The van der Waals surface area contributed by atoms with E-state index in [2.05, 4.69) is 0 Å². The van der Waals surface area contributed by atoms with Gasteiger partial charge >= 0.3 is 11.9 Å². The molecular formula is C22H21ClO7. The number of alkyl halides is 1. The van der Waals surface area contributed by atoms with Crippen LogP contribution in [0.2, 0.25) is 0 Å². The Morgan fingerprint density at radius 1 is 0.833 bits per heavy atom. The van der Waals surface area contributed by atoms with Crippen molar-refractivity contribution >= 4 is 23.5 Å². The summed E-state index contributed by atoms with van der Waals surface area (Å²) in [4.78, 5) is 25.4. The minimum Gasteiger partial charge on any atom is -0.452 e. The number of esters is 2. The van der Waals surface area contributed by atoms with E-state index < -0.39 is 42.6 Å². The summed E-state index contributed by atoms with van der Waals surface area (Å²) < 4.78 is 28.5. The lowest BCUT2D eigenvalue weighted by Gasteiger charge is -2.26. The van der Waals surface area contributed by atoms with Crippen LogP contribution in [0.25, 0.3) is 0 Å². The fourth-order valence-electron chi connectivity index (χ4n) is 3.47. The molecule has 2 aliphatic heterocycles. The quantitative estimate of drug-likeness (QED) is 0.513. The maximum absolute atomic E-state index is 12.7. The van der Waals surface area contributed by atoms with E-state index in [1.54, 1.807) is 60.7 Å². The maximum atomic E-state index is 12.7. The molecule has 30 heavy (non-hydrogen) atoms. The molecule has 2 aliphatic rings. The topological polar surface area (TPSA) is 80.3 Å². The van der Waals surface area contributed by atoms with Crippen LogP contribution >= 0.6 is 11.6 Å². The fraction of sp³-hybridized carbons (Fsp3) is 0.364. The van der Waals surface area contributed by atoms with Crippen LogP contribution in [0.3, 0.4) is 0 Å². The predicted octanol–water partition coefficient (Wildman–Crippen LogP) is 2.82. The maximum Gasteiger partial charge on any atom is 0.338 e. The Kier molecular flexibility index (Phi) is 6.64. The van der Waals surface area contributed by atoms with Crippen LogP contribution in [0.5, 0.6) is 0 Å². The van der Waals surface area contributed by atoms with Gasteiger partial charge in [-0.3, -0.25) is 0 Å². The minimum atomic E-state index is -0.947. The third-order valence-electron chi connectivity index (χ3n) is 4.92. The SMILES string of the molecule is O=C(O[C@@H]1[C@@H](OC(=O)c2ccccc2)[C@H](C2OCCO2)O[C@@H]1CCl)c1ccccc1. The molecular weight excluding hydrogens is 412 g/mol. The standard InChI is InChI=1S/C22H21ClO7/c23-13-16-17(29-20(24)14-7-3-1-4-8-14)18(19(28-16)22-26-11-12-27-22)30-21(25)15-9-5-2-6-10-15/h1-10,16-19,22H,11-13H2/t16-,17+,18-,19-/m1/s1. The van der Waals surface area contributed by atoms with Crippen LogP contribution in [-0.2, 0) is 23.7 Å². The van der Waals surface area contributed by atoms with Crippen LogP contribution in [-0.4, -0.2) is 61.7 Å². The first-order chi connectivity index (χ1) is 14.7. The highest BCUT2D eigenvalue weighted by atomic mass is 35.5. The summed E-state index contributed by atoms with van der Waals surface area (Å²) in [6, 6.07) is 17.1. The van der Waals surface area contributed by atoms with Gasteiger partial charge in [-0.2, -0.15) is 0 Å². The van der Waals surface area contributed by atoms with Crippen LogP contribution in [0, 0.1) is 0 Å². The Morgan fingerprint density at radius 3 is 1.83 bits per heavy atom. The Balaban J connectivity index is 1.58. The Hall–Kier alpha value is -2.45. The van der Waals surface area contributed by atoms with Gasteiger partial charge in [0.1, 0.15) is 12.2 Å². The summed E-state index contributed by atoms with van der Waals surface area (Å²) in [5, 5.41) is 0.